The van der Waals surface area contributed by atoms with Crippen LogP contribution in [-0.2, 0) is 16.1 Å². The molecular weight excluding hydrogens is 344 g/mol. The van der Waals surface area contributed by atoms with Gasteiger partial charge in [0.15, 0.2) is 0 Å². The summed E-state index contributed by atoms with van der Waals surface area (Å²) in [6, 6.07) is 2.29. The Balaban J connectivity index is 1.39. The third-order valence-corrected chi connectivity index (χ3v) is 5.72. The van der Waals surface area contributed by atoms with Gasteiger partial charge < -0.3 is 15.0 Å². The van der Waals surface area contributed by atoms with Crippen molar-refractivity contribution in [1.29, 1.82) is 0 Å². The predicted molar refractivity (Wildman–Crippen MR) is 101 cm³/mol. The van der Waals surface area contributed by atoms with Crippen LogP contribution in [0.5, 0.6) is 0 Å². The first-order valence-electron chi connectivity index (χ1n) is 9.98. The van der Waals surface area contributed by atoms with Crippen molar-refractivity contribution in [2.24, 2.45) is 5.92 Å². The Morgan fingerprint density at radius 2 is 2.00 bits per heavy atom. The highest BCUT2D eigenvalue weighted by molar-refractivity contribution is 5.79. The smallest absolute Gasteiger partial charge is 0.254 e. The van der Waals surface area contributed by atoms with Gasteiger partial charge in [-0.25, -0.2) is 4.98 Å². The van der Waals surface area contributed by atoms with Crippen LogP contribution in [0.15, 0.2) is 12.4 Å². The maximum atomic E-state index is 12.5. The van der Waals surface area contributed by atoms with E-state index < -0.39 is 0 Å². The van der Waals surface area contributed by atoms with E-state index >= 15 is 0 Å². The molecule has 2 aromatic rings. The standard InChI is InChI=1S/C19H28N6O2/c1-27-12-16-11-17(25-19(23-16)20-13-21-25)24-9-7-15(8-10-24)22-18(26)14-5-3-2-4-6-14/h11,13-15H,2-10,12H2,1H3,(H,22,26). The van der Waals surface area contributed by atoms with Gasteiger partial charge in [-0.2, -0.15) is 14.6 Å². The monoisotopic (exact) mass is 372 g/mol. The van der Waals surface area contributed by atoms with Crippen LogP contribution in [0, 0.1) is 5.92 Å². The normalized spacial score (nSPS) is 19.5. The molecule has 0 spiro atoms. The highest BCUT2D eigenvalue weighted by Crippen LogP contribution is 2.25. The number of amides is 1. The SMILES string of the molecule is COCc1cc(N2CCC(NC(=O)C3CCCCC3)CC2)n2ncnc2n1. The minimum absolute atomic E-state index is 0.225. The zero-order valence-corrected chi connectivity index (χ0v) is 15.9. The second-order valence-electron chi connectivity index (χ2n) is 7.62. The molecule has 4 rings (SSSR count). The molecule has 2 aliphatic rings. The molecule has 2 aromatic heterocycles. The number of aromatic nitrogens is 4. The lowest BCUT2D eigenvalue weighted by molar-refractivity contribution is -0.126. The zero-order valence-electron chi connectivity index (χ0n) is 15.9. The second kappa shape index (κ2) is 8.21. The van der Waals surface area contributed by atoms with Crippen molar-refractivity contribution in [3.05, 3.63) is 18.1 Å². The van der Waals surface area contributed by atoms with Gasteiger partial charge in [-0.05, 0) is 25.7 Å². The quantitative estimate of drug-likeness (QED) is 0.863. The molecule has 0 unspecified atom stereocenters. The minimum atomic E-state index is 0.225. The molecular formula is C19H28N6O2. The number of nitrogens with one attached hydrogen (secondary N) is 1. The largest absolute Gasteiger partial charge is 0.378 e. The van der Waals surface area contributed by atoms with Crippen LogP contribution in [0.2, 0.25) is 0 Å². The summed E-state index contributed by atoms with van der Waals surface area (Å²) in [5.41, 5.74) is 0.848. The Hall–Kier alpha value is -2.22. The minimum Gasteiger partial charge on any atom is -0.378 e. The fourth-order valence-corrected chi connectivity index (χ4v) is 4.23. The summed E-state index contributed by atoms with van der Waals surface area (Å²) >= 11 is 0. The predicted octanol–water partition coefficient (Wildman–Crippen LogP) is 1.94. The molecule has 1 aliphatic heterocycles. The van der Waals surface area contributed by atoms with Crippen LogP contribution in [0.3, 0.4) is 0 Å². The molecule has 1 N–H and O–H groups in total. The van der Waals surface area contributed by atoms with E-state index in [1.807, 2.05) is 6.07 Å². The van der Waals surface area contributed by atoms with Crippen LogP contribution in [0.4, 0.5) is 5.82 Å². The molecule has 0 aromatic carbocycles. The van der Waals surface area contributed by atoms with E-state index in [0.717, 1.165) is 50.3 Å². The first-order chi connectivity index (χ1) is 13.2. The number of ether oxygens (including phenoxy) is 1. The number of carbonyl (C=O) groups is 1. The molecule has 0 radical (unpaired) electrons. The maximum absolute atomic E-state index is 12.5. The number of hydrogen-bond donors (Lipinski definition) is 1. The van der Waals surface area contributed by atoms with Gasteiger partial charge in [-0.15, -0.1) is 0 Å². The molecule has 1 saturated heterocycles. The molecule has 0 atom stereocenters. The number of rotatable bonds is 5. The number of methoxy groups -OCH3 is 1. The maximum Gasteiger partial charge on any atom is 0.254 e. The van der Waals surface area contributed by atoms with Crippen molar-refractivity contribution in [3.8, 4) is 0 Å². The lowest BCUT2D eigenvalue weighted by atomic mass is 9.88. The number of hydrogen-bond acceptors (Lipinski definition) is 6. The Labute approximate surface area is 159 Å². The summed E-state index contributed by atoms with van der Waals surface area (Å²) in [6.45, 7) is 2.20. The number of fused-ring (bicyclic) bond motifs is 1. The van der Waals surface area contributed by atoms with Gasteiger partial charge in [0, 0.05) is 38.2 Å². The third kappa shape index (κ3) is 4.05. The van der Waals surface area contributed by atoms with Crippen LogP contribution >= 0.6 is 0 Å². The lowest BCUT2D eigenvalue weighted by Crippen LogP contribution is -2.47. The van der Waals surface area contributed by atoms with E-state index in [4.69, 9.17) is 4.74 Å². The molecule has 3 heterocycles. The van der Waals surface area contributed by atoms with Gasteiger partial charge >= 0.3 is 0 Å². The highest BCUT2D eigenvalue weighted by atomic mass is 16.5. The van der Waals surface area contributed by atoms with Crippen LogP contribution < -0.4 is 10.2 Å². The number of nitrogens with zero attached hydrogens (tertiary/aromatic N) is 5. The van der Waals surface area contributed by atoms with Crippen LogP contribution in [0.1, 0.15) is 50.6 Å². The summed E-state index contributed by atoms with van der Waals surface area (Å²) in [6.07, 6.45) is 9.16. The lowest BCUT2D eigenvalue weighted by Gasteiger charge is -2.34. The summed E-state index contributed by atoms with van der Waals surface area (Å²) in [5.74, 6) is 2.07. The third-order valence-electron chi connectivity index (χ3n) is 5.72. The first kappa shape index (κ1) is 18.2. The van der Waals surface area contributed by atoms with Crippen LogP contribution in [0.25, 0.3) is 5.78 Å². The molecule has 1 amide bonds. The van der Waals surface area contributed by atoms with E-state index in [9.17, 15) is 4.79 Å². The Morgan fingerprint density at radius 1 is 1.22 bits per heavy atom. The molecule has 146 valence electrons. The van der Waals surface area contributed by atoms with E-state index in [0.29, 0.717) is 12.4 Å². The van der Waals surface area contributed by atoms with E-state index in [-0.39, 0.29) is 17.9 Å². The van der Waals surface area contributed by atoms with Gasteiger partial charge in [0.1, 0.15) is 12.1 Å². The summed E-state index contributed by atoms with van der Waals surface area (Å²) in [4.78, 5) is 23.5. The summed E-state index contributed by atoms with van der Waals surface area (Å²) in [5, 5.41) is 7.61. The van der Waals surface area contributed by atoms with E-state index in [2.05, 4.69) is 25.3 Å². The van der Waals surface area contributed by atoms with Crippen molar-refractivity contribution >= 4 is 17.5 Å². The van der Waals surface area contributed by atoms with Crippen molar-refractivity contribution in [1.82, 2.24) is 24.9 Å². The van der Waals surface area contributed by atoms with Gasteiger partial charge in [0.2, 0.25) is 5.91 Å². The van der Waals surface area contributed by atoms with Crippen molar-refractivity contribution < 1.29 is 9.53 Å². The molecule has 0 bridgehead atoms. The molecule has 8 nitrogen and oxygen atoms in total. The molecule has 1 saturated carbocycles. The Bertz CT molecular complexity index is 778. The molecule has 2 fully saturated rings. The van der Waals surface area contributed by atoms with Gasteiger partial charge in [-0.1, -0.05) is 19.3 Å². The molecule has 8 heteroatoms. The van der Waals surface area contributed by atoms with Gasteiger partial charge in [0.25, 0.3) is 5.78 Å². The molecule has 27 heavy (non-hydrogen) atoms. The summed E-state index contributed by atoms with van der Waals surface area (Å²) < 4.78 is 7.01. The number of carbonyl (C=O) groups excluding carboxylic acids is 1. The van der Waals surface area contributed by atoms with Crippen molar-refractivity contribution in [2.75, 3.05) is 25.1 Å². The zero-order chi connectivity index (χ0) is 18.6. The Morgan fingerprint density at radius 3 is 2.74 bits per heavy atom. The van der Waals surface area contributed by atoms with Gasteiger partial charge in [0.05, 0.1) is 12.3 Å². The highest BCUT2D eigenvalue weighted by Gasteiger charge is 2.27. The topological polar surface area (TPSA) is 84.7 Å². The van der Waals surface area contributed by atoms with E-state index in [1.165, 1.54) is 25.6 Å². The Kier molecular flexibility index (Phi) is 5.52. The second-order valence-corrected chi connectivity index (χ2v) is 7.62. The van der Waals surface area contributed by atoms with Crippen LogP contribution in [-0.4, -0.2) is 51.7 Å². The molecule has 1 aliphatic carbocycles. The number of piperidine rings is 1. The number of anilines is 1. The van der Waals surface area contributed by atoms with Gasteiger partial charge in [-0.3, -0.25) is 4.79 Å². The van der Waals surface area contributed by atoms with E-state index in [1.54, 1.807) is 11.6 Å². The summed E-state index contributed by atoms with van der Waals surface area (Å²) in [7, 11) is 1.66. The average molecular weight is 372 g/mol. The average Bonchev–Trinajstić information content (AvgIpc) is 3.17. The van der Waals surface area contributed by atoms with Crippen molar-refractivity contribution in [3.63, 3.8) is 0 Å². The first-order valence-corrected chi connectivity index (χ1v) is 9.98. The fraction of sp³-hybridized carbons (Fsp3) is 0.684. The van der Waals surface area contributed by atoms with Crippen molar-refractivity contribution in [2.45, 2.75) is 57.6 Å². The fourth-order valence-electron chi connectivity index (χ4n) is 4.23.